The van der Waals surface area contributed by atoms with Gasteiger partial charge in [0.1, 0.15) is 0 Å². The van der Waals surface area contributed by atoms with Crippen LogP contribution in [-0.2, 0) is 24.0 Å². The van der Waals surface area contributed by atoms with Gasteiger partial charge in [0, 0.05) is 19.5 Å². The molecule has 0 saturated heterocycles. The van der Waals surface area contributed by atoms with Gasteiger partial charge in [0.25, 0.3) is 0 Å². The maximum Gasteiger partial charge on any atom is 0.466 e. The van der Waals surface area contributed by atoms with Crippen LogP contribution in [0.1, 0.15) is 0 Å². The van der Waals surface area contributed by atoms with Crippen molar-refractivity contribution in [3.8, 4) is 0 Å². The number of hydrogen-bond donors (Lipinski definition) is 3. The van der Waals surface area contributed by atoms with E-state index in [1.807, 2.05) is 36.4 Å². The fourth-order valence-electron chi connectivity index (χ4n) is 0.385. The van der Waals surface area contributed by atoms with Gasteiger partial charge in [-0.25, -0.2) is 4.57 Å². The topological polar surface area (TPSA) is 77.8 Å². The summed E-state index contributed by atoms with van der Waals surface area (Å²) < 4.78 is 8.88. The van der Waals surface area contributed by atoms with Gasteiger partial charge in [0.2, 0.25) is 0 Å². The summed E-state index contributed by atoms with van der Waals surface area (Å²) >= 11 is 0. The summed E-state index contributed by atoms with van der Waals surface area (Å²) in [7, 11) is -4.64. The molecule has 0 bridgehead atoms. The van der Waals surface area contributed by atoms with E-state index in [0.29, 0.717) is 0 Å². The van der Waals surface area contributed by atoms with Crippen LogP contribution in [0.15, 0.2) is 36.4 Å². The van der Waals surface area contributed by atoms with Crippen molar-refractivity contribution >= 4 is 7.82 Å². The van der Waals surface area contributed by atoms with Crippen LogP contribution in [0.3, 0.4) is 0 Å². The van der Waals surface area contributed by atoms with Crippen molar-refractivity contribution < 1.29 is 38.7 Å². The van der Waals surface area contributed by atoms with Crippen LogP contribution in [0.25, 0.3) is 0 Å². The summed E-state index contributed by atoms with van der Waals surface area (Å²) in [6, 6.07) is 12.0. The average molecular weight is 241 g/mol. The Labute approximate surface area is 83.3 Å². The Morgan fingerprint density at radius 1 is 0.750 bits per heavy atom. The molecule has 0 unspecified atom stereocenters. The first kappa shape index (κ1) is 14.5. The van der Waals surface area contributed by atoms with E-state index in [1.54, 1.807) is 0 Å². The molecule has 64 valence electrons. The first-order valence-corrected chi connectivity index (χ1v) is 4.35. The average Bonchev–Trinajstić information content (AvgIpc) is 1.88. The van der Waals surface area contributed by atoms with E-state index in [1.165, 1.54) is 0 Å². The third kappa shape index (κ3) is 22.5. The van der Waals surface area contributed by atoms with Gasteiger partial charge in [0.05, 0.1) is 0 Å². The minimum absolute atomic E-state index is 0. The van der Waals surface area contributed by atoms with E-state index in [-0.39, 0.29) is 19.5 Å². The molecule has 1 aromatic rings. The molecule has 3 N–H and O–H groups in total. The number of hydrogen-bond acceptors (Lipinski definition) is 1. The maximum atomic E-state index is 8.88. The molecule has 1 rings (SSSR count). The second-order valence-electron chi connectivity index (χ2n) is 1.67. The smallest absolute Gasteiger partial charge is 0.303 e. The van der Waals surface area contributed by atoms with E-state index in [9.17, 15) is 0 Å². The maximum absolute atomic E-state index is 8.88. The van der Waals surface area contributed by atoms with E-state index < -0.39 is 7.82 Å². The van der Waals surface area contributed by atoms with Crippen molar-refractivity contribution in [2.24, 2.45) is 0 Å². The van der Waals surface area contributed by atoms with Crippen LogP contribution in [0.4, 0.5) is 0 Å². The Bertz CT molecular complexity index is 187. The molecule has 0 saturated carbocycles. The largest absolute Gasteiger partial charge is 0.466 e. The first-order chi connectivity index (χ1) is 5.00. The molecule has 0 fully saturated rings. The molecule has 0 aromatic heterocycles. The van der Waals surface area contributed by atoms with Gasteiger partial charge < -0.3 is 14.7 Å². The molecule has 0 aliphatic heterocycles. The van der Waals surface area contributed by atoms with Crippen molar-refractivity contribution in [1.29, 1.82) is 0 Å². The summed E-state index contributed by atoms with van der Waals surface area (Å²) in [5.74, 6) is 0. The van der Waals surface area contributed by atoms with E-state index in [4.69, 9.17) is 19.2 Å². The molecule has 0 spiro atoms. The van der Waals surface area contributed by atoms with Crippen molar-refractivity contribution in [1.82, 2.24) is 0 Å². The molecule has 0 amide bonds. The van der Waals surface area contributed by atoms with Gasteiger partial charge in [-0.1, -0.05) is 36.4 Å². The molecule has 0 aliphatic rings. The van der Waals surface area contributed by atoms with Gasteiger partial charge in [-0.15, -0.1) is 0 Å². The van der Waals surface area contributed by atoms with Crippen LogP contribution in [-0.4, -0.2) is 14.7 Å². The summed E-state index contributed by atoms with van der Waals surface area (Å²) in [5.41, 5.74) is 0. The summed E-state index contributed by atoms with van der Waals surface area (Å²) in [4.78, 5) is 21.6. The molecule has 6 heteroatoms. The zero-order chi connectivity index (χ0) is 8.74. The van der Waals surface area contributed by atoms with Crippen LogP contribution < -0.4 is 0 Å². The Kier molecular flexibility index (Phi) is 9.16. The Morgan fingerprint density at radius 3 is 0.917 bits per heavy atom. The predicted molar refractivity (Wildman–Crippen MR) is 40.7 cm³/mol. The van der Waals surface area contributed by atoms with Crippen LogP contribution >= 0.6 is 7.82 Å². The SMILES string of the molecule is O=P(O)(O)O.[Zn].c1ccccc1. The Balaban J connectivity index is 0. The van der Waals surface area contributed by atoms with E-state index in [0.717, 1.165) is 0 Å². The van der Waals surface area contributed by atoms with Crippen LogP contribution in [0, 0.1) is 0 Å². The van der Waals surface area contributed by atoms with Crippen LogP contribution in [0.5, 0.6) is 0 Å². The second-order valence-corrected chi connectivity index (χ2v) is 2.69. The van der Waals surface area contributed by atoms with Gasteiger partial charge >= 0.3 is 7.82 Å². The molecule has 0 radical (unpaired) electrons. The Hall–Kier alpha value is -0.0466. The molecule has 1 aromatic carbocycles. The van der Waals surface area contributed by atoms with Gasteiger partial charge in [-0.2, -0.15) is 0 Å². The zero-order valence-electron chi connectivity index (χ0n) is 6.37. The minimum atomic E-state index is -4.64. The van der Waals surface area contributed by atoms with Gasteiger partial charge in [-0.05, 0) is 0 Å². The molecule has 12 heavy (non-hydrogen) atoms. The summed E-state index contributed by atoms with van der Waals surface area (Å²) in [6.45, 7) is 0. The van der Waals surface area contributed by atoms with Crippen molar-refractivity contribution in [2.75, 3.05) is 0 Å². The van der Waals surface area contributed by atoms with Crippen molar-refractivity contribution in [3.63, 3.8) is 0 Å². The molecule has 0 atom stereocenters. The van der Waals surface area contributed by atoms with Gasteiger partial charge in [-0.3, -0.25) is 0 Å². The standard InChI is InChI=1S/C6H6.H3O4P.Zn/c1-2-4-6-5-3-1;1-5(2,3)4;/h1-6H;(H3,1,2,3,4);. The van der Waals surface area contributed by atoms with E-state index in [2.05, 4.69) is 0 Å². The number of rotatable bonds is 0. The molecule has 0 heterocycles. The van der Waals surface area contributed by atoms with Crippen molar-refractivity contribution in [2.45, 2.75) is 0 Å². The Morgan fingerprint density at radius 2 is 0.833 bits per heavy atom. The third-order valence-electron chi connectivity index (χ3n) is 0.667. The fourth-order valence-corrected chi connectivity index (χ4v) is 0.385. The monoisotopic (exact) mass is 240 g/mol. The first-order valence-electron chi connectivity index (χ1n) is 2.78. The molecule has 4 nitrogen and oxygen atoms in total. The summed E-state index contributed by atoms with van der Waals surface area (Å²) in [5, 5.41) is 0. The number of phosphoric acid groups is 1. The predicted octanol–water partition coefficient (Wildman–Crippen LogP) is 0.755. The third-order valence-corrected chi connectivity index (χ3v) is 0.667. The summed E-state index contributed by atoms with van der Waals surface area (Å²) in [6.07, 6.45) is 0. The van der Waals surface area contributed by atoms with E-state index >= 15 is 0 Å². The normalized spacial score (nSPS) is 8.92. The fraction of sp³-hybridized carbons (Fsp3) is 0. The molecular formula is C6H9O4PZn. The van der Waals surface area contributed by atoms with Gasteiger partial charge in [0.15, 0.2) is 0 Å². The zero-order valence-corrected chi connectivity index (χ0v) is 10.2. The second kappa shape index (κ2) is 7.59. The number of benzene rings is 1. The van der Waals surface area contributed by atoms with Crippen molar-refractivity contribution in [3.05, 3.63) is 36.4 Å². The molecule has 0 aliphatic carbocycles. The quantitative estimate of drug-likeness (QED) is 0.463. The molecular weight excluding hydrogens is 232 g/mol. The minimum Gasteiger partial charge on any atom is -0.303 e. The van der Waals surface area contributed by atoms with Crippen LogP contribution in [0.2, 0.25) is 0 Å².